The van der Waals surface area contributed by atoms with Gasteiger partial charge in [-0.1, -0.05) is 5.16 Å². The van der Waals surface area contributed by atoms with Gasteiger partial charge in [-0.05, 0) is 31.2 Å². The first-order chi connectivity index (χ1) is 8.76. The first-order valence-electron chi connectivity index (χ1n) is 5.97. The van der Waals surface area contributed by atoms with Crippen LogP contribution in [-0.4, -0.2) is 40.6 Å². The molecule has 0 bridgehead atoms. The lowest BCUT2D eigenvalue weighted by atomic mass is 10.1. The second-order valence-corrected chi connectivity index (χ2v) is 5.42. The Hall–Kier alpha value is -1.43. The normalized spacial score (nSPS) is 18.1. The zero-order valence-electron chi connectivity index (χ0n) is 10.4. The highest BCUT2D eigenvalue weighted by molar-refractivity contribution is 7.99. The van der Waals surface area contributed by atoms with Crippen molar-refractivity contribution in [3.63, 3.8) is 0 Å². The van der Waals surface area contributed by atoms with Gasteiger partial charge in [-0.3, -0.25) is 0 Å². The van der Waals surface area contributed by atoms with E-state index in [1.54, 1.807) is 12.3 Å². The van der Waals surface area contributed by atoms with E-state index in [2.05, 4.69) is 21.3 Å². The van der Waals surface area contributed by atoms with Crippen molar-refractivity contribution in [2.24, 2.45) is 10.9 Å². The molecule has 98 valence electrons. The maximum Gasteiger partial charge on any atom is 0.173 e. The van der Waals surface area contributed by atoms with Crippen LogP contribution in [0.3, 0.4) is 0 Å². The van der Waals surface area contributed by atoms with Gasteiger partial charge in [-0.25, -0.2) is 4.98 Å². The topological polar surface area (TPSA) is 74.7 Å². The Morgan fingerprint density at radius 1 is 1.56 bits per heavy atom. The number of hydrogen-bond donors (Lipinski definition) is 2. The molecule has 1 aromatic rings. The molecule has 2 rings (SSSR count). The van der Waals surface area contributed by atoms with Gasteiger partial charge in [0.05, 0.1) is 5.56 Å². The quantitative estimate of drug-likeness (QED) is 0.375. The van der Waals surface area contributed by atoms with Crippen LogP contribution in [-0.2, 0) is 0 Å². The zero-order valence-corrected chi connectivity index (χ0v) is 11.2. The fourth-order valence-corrected chi connectivity index (χ4v) is 2.89. The second kappa shape index (κ2) is 5.95. The Balaban J connectivity index is 2.19. The number of oxime groups is 1. The van der Waals surface area contributed by atoms with E-state index in [0.29, 0.717) is 5.56 Å². The third-order valence-electron chi connectivity index (χ3n) is 3.25. The van der Waals surface area contributed by atoms with Crippen molar-refractivity contribution >= 4 is 23.4 Å². The van der Waals surface area contributed by atoms with Crippen molar-refractivity contribution in [3.05, 3.63) is 23.9 Å². The highest BCUT2D eigenvalue weighted by Gasteiger charge is 2.22. The summed E-state index contributed by atoms with van der Waals surface area (Å²) in [6.45, 7) is 1.93. The maximum atomic E-state index is 8.80. The van der Waals surface area contributed by atoms with Gasteiger partial charge in [-0.2, -0.15) is 11.8 Å². The summed E-state index contributed by atoms with van der Waals surface area (Å²) in [6.07, 6.45) is 6.19. The van der Waals surface area contributed by atoms with Crippen molar-refractivity contribution in [3.8, 4) is 0 Å². The van der Waals surface area contributed by atoms with E-state index in [1.165, 1.54) is 0 Å². The minimum absolute atomic E-state index is 0.116. The van der Waals surface area contributed by atoms with Gasteiger partial charge in [0.1, 0.15) is 5.82 Å². The Bertz CT molecular complexity index is 430. The molecule has 0 aromatic carbocycles. The van der Waals surface area contributed by atoms with Gasteiger partial charge < -0.3 is 15.8 Å². The molecule has 0 spiro atoms. The van der Waals surface area contributed by atoms with E-state index in [-0.39, 0.29) is 5.84 Å². The monoisotopic (exact) mass is 266 g/mol. The summed E-state index contributed by atoms with van der Waals surface area (Å²) in [5.74, 6) is 0.928. The molecule has 0 unspecified atom stereocenters. The van der Waals surface area contributed by atoms with Gasteiger partial charge in [0.2, 0.25) is 0 Å². The average Bonchev–Trinajstić information content (AvgIpc) is 2.46. The molecule has 0 amide bonds. The van der Waals surface area contributed by atoms with Crippen molar-refractivity contribution in [1.82, 2.24) is 4.98 Å². The van der Waals surface area contributed by atoms with Crippen LogP contribution in [0.1, 0.15) is 18.4 Å². The number of nitrogens with two attached hydrogens (primary N) is 1. The predicted molar refractivity (Wildman–Crippen MR) is 75.5 cm³/mol. The van der Waals surface area contributed by atoms with Crippen LogP contribution in [0.5, 0.6) is 0 Å². The molecule has 2 heterocycles. The number of piperidine rings is 1. The fourth-order valence-electron chi connectivity index (χ4n) is 2.21. The van der Waals surface area contributed by atoms with Gasteiger partial charge in [0, 0.05) is 24.5 Å². The molecule has 0 atom stereocenters. The Kier molecular flexibility index (Phi) is 4.30. The molecule has 3 N–H and O–H groups in total. The number of pyridine rings is 1. The molecular weight excluding hydrogens is 248 g/mol. The third-order valence-corrected chi connectivity index (χ3v) is 4.38. The van der Waals surface area contributed by atoms with E-state index >= 15 is 0 Å². The molecule has 18 heavy (non-hydrogen) atoms. The summed E-state index contributed by atoms with van der Waals surface area (Å²) < 4.78 is 0. The van der Waals surface area contributed by atoms with Crippen LogP contribution in [0.15, 0.2) is 23.5 Å². The van der Waals surface area contributed by atoms with Crippen molar-refractivity contribution in [1.29, 1.82) is 0 Å². The van der Waals surface area contributed by atoms with Gasteiger partial charge in [-0.15, -0.1) is 0 Å². The first kappa shape index (κ1) is 13.0. The average molecular weight is 266 g/mol. The van der Waals surface area contributed by atoms with Crippen molar-refractivity contribution in [2.45, 2.75) is 18.1 Å². The van der Waals surface area contributed by atoms with Crippen LogP contribution >= 0.6 is 11.8 Å². The molecule has 6 heteroatoms. The zero-order chi connectivity index (χ0) is 13.0. The molecule has 1 aliphatic heterocycles. The third kappa shape index (κ3) is 2.69. The van der Waals surface area contributed by atoms with Gasteiger partial charge >= 0.3 is 0 Å². The lowest BCUT2D eigenvalue weighted by Crippen LogP contribution is -2.36. The highest BCUT2D eigenvalue weighted by atomic mass is 32.2. The lowest BCUT2D eigenvalue weighted by Gasteiger charge is -2.32. The predicted octanol–water partition coefficient (Wildman–Crippen LogP) is 1.51. The summed E-state index contributed by atoms with van der Waals surface area (Å²) in [5, 5.41) is 12.6. The number of thioether (sulfide) groups is 1. The SMILES string of the molecule is CSC1CCN(c2ncccc2/C(N)=N/O)CC1. The molecule has 1 aromatic heterocycles. The minimum Gasteiger partial charge on any atom is -0.409 e. The maximum absolute atomic E-state index is 8.80. The smallest absolute Gasteiger partial charge is 0.173 e. The van der Waals surface area contributed by atoms with E-state index in [9.17, 15) is 0 Å². The number of hydrogen-bond acceptors (Lipinski definition) is 5. The van der Waals surface area contributed by atoms with Crippen LogP contribution in [0.25, 0.3) is 0 Å². The molecule has 0 radical (unpaired) electrons. The summed E-state index contributed by atoms with van der Waals surface area (Å²) in [7, 11) is 0. The molecule has 0 saturated carbocycles. The van der Waals surface area contributed by atoms with E-state index in [0.717, 1.165) is 37.0 Å². The Morgan fingerprint density at radius 3 is 2.89 bits per heavy atom. The summed E-state index contributed by atoms with van der Waals surface area (Å²) in [6, 6.07) is 3.63. The van der Waals surface area contributed by atoms with Crippen LogP contribution < -0.4 is 10.6 Å². The number of rotatable bonds is 3. The molecule has 1 aliphatic rings. The molecule has 1 fully saturated rings. The fraction of sp³-hybridized carbons (Fsp3) is 0.500. The van der Waals surface area contributed by atoms with E-state index in [1.807, 2.05) is 17.8 Å². The van der Waals surface area contributed by atoms with Crippen LogP contribution in [0, 0.1) is 0 Å². The van der Waals surface area contributed by atoms with E-state index in [4.69, 9.17) is 10.9 Å². The van der Waals surface area contributed by atoms with Gasteiger partial charge in [0.15, 0.2) is 5.84 Å². The number of aromatic nitrogens is 1. The van der Waals surface area contributed by atoms with Gasteiger partial charge in [0.25, 0.3) is 0 Å². The highest BCUT2D eigenvalue weighted by Crippen LogP contribution is 2.26. The number of nitrogens with zero attached hydrogens (tertiary/aromatic N) is 3. The Morgan fingerprint density at radius 2 is 2.28 bits per heavy atom. The van der Waals surface area contributed by atoms with Crippen molar-refractivity contribution < 1.29 is 5.21 Å². The standard InChI is InChI=1S/C12H18N4OS/c1-18-9-4-7-16(8-5-9)12-10(11(13)15-17)3-2-6-14-12/h2-3,6,9,17H,4-5,7-8H2,1H3,(H2,13,15). The molecule has 0 aliphatic carbocycles. The van der Waals surface area contributed by atoms with Crippen molar-refractivity contribution in [2.75, 3.05) is 24.2 Å². The van der Waals surface area contributed by atoms with Crippen LogP contribution in [0.2, 0.25) is 0 Å². The second-order valence-electron chi connectivity index (χ2n) is 4.28. The minimum atomic E-state index is 0.116. The summed E-state index contributed by atoms with van der Waals surface area (Å²) in [5.41, 5.74) is 6.38. The summed E-state index contributed by atoms with van der Waals surface area (Å²) in [4.78, 5) is 6.58. The number of amidine groups is 1. The largest absolute Gasteiger partial charge is 0.409 e. The first-order valence-corrected chi connectivity index (χ1v) is 7.25. The molecular formula is C12H18N4OS. The molecule has 1 saturated heterocycles. The number of anilines is 1. The molecule has 5 nitrogen and oxygen atoms in total. The summed E-state index contributed by atoms with van der Waals surface area (Å²) >= 11 is 1.92. The van der Waals surface area contributed by atoms with Crippen LogP contribution in [0.4, 0.5) is 5.82 Å². The van der Waals surface area contributed by atoms with E-state index < -0.39 is 0 Å². The lowest BCUT2D eigenvalue weighted by molar-refractivity contribution is 0.318. The Labute approximate surface area is 111 Å².